The number of halogens is 3. The van der Waals surface area contributed by atoms with Crippen molar-refractivity contribution >= 4 is 17.5 Å². The lowest BCUT2D eigenvalue weighted by atomic mass is 10.1. The van der Waals surface area contributed by atoms with Crippen LogP contribution < -0.4 is 4.74 Å². The van der Waals surface area contributed by atoms with Gasteiger partial charge in [0.1, 0.15) is 17.3 Å². The number of carbonyl (C=O) groups is 1. The molecule has 122 valence electrons. The molecule has 0 fully saturated rings. The van der Waals surface area contributed by atoms with E-state index in [1.54, 1.807) is 12.3 Å². The Balaban J connectivity index is 2.08. The van der Waals surface area contributed by atoms with Crippen LogP contribution in [0.25, 0.3) is 0 Å². The predicted octanol–water partition coefficient (Wildman–Crippen LogP) is 4.59. The summed E-state index contributed by atoms with van der Waals surface area (Å²) in [6.45, 7) is 0. The third-order valence-electron chi connectivity index (χ3n) is 3.64. The van der Waals surface area contributed by atoms with Crippen molar-refractivity contribution < 1.29 is 22.7 Å². The van der Waals surface area contributed by atoms with Crippen LogP contribution in [0.15, 0.2) is 35.2 Å². The Morgan fingerprint density at radius 3 is 2.71 bits per heavy atom. The molecular weight excluding hydrogens is 339 g/mol. The lowest BCUT2D eigenvalue weighted by molar-refractivity contribution is 0.0165. The van der Waals surface area contributed by atoms with E-state index in [9.17, 15) is 18.0 Å². The molecule has 0 heterocycles. The summed E-state index contributed by atoms with van der Waals surface area (Å²) in [6.07, 6.45) is 0.928. The van der Waals surface area contributed by atoms with Gasteiger partial charge >= 0.3 is 5.92 Å². The number of nitriles is 1. The third kappa shape index (κ3) is 2.74. The maximum absolute atomic E-state index is 13.8. The van der Waals surface area contributed by atoms with Gasteiger partial charge in [0, 0.05) is 28.5 Å². The number of hydrogen-bond donors (Lipinski definition) is 0. The van der Waals surface area contributed by atoms with E-state index in [2.05, 4.69) is 0 Å². The van der Waals surface area contributed by atoms with Crippen LogP contribution in [-0.4, -0.2) is 18.0 Å². The molecule has 0 amide bonds. The highest BCUT2D eigenvalue weighted by Gasteiger charge is 2.49. The van der Waals surface area contributed by atoms with Gasteiger partial charge in [-0.3, -0.25) is 4.79 Å². The van der Waals surface area contributed by atoms with Gasteiger partial charge in [0.05, 0.1) is 11.6 Å². The van der Waals surface area contributed by atoms with Crippen molar-refractivity contribution in [3.05, 3.63) is 52.8 Å². The standard InChI is InChI=1S/C17H10F3NO2S/c1-24-14-3-2-13(12-7-17(19,20)16(22)15(12)14)23-11-5-9(8-21)4-10(18)6-11/h2-6H,7H2,1H3. The fourth-order valence-electron chi connectivity index (χ4n) is 2.60. The summed E-state index contributed by atoms with van der Waals surface area (Å²) in [5.74, 6) is -5.32. The second kappa shape index (κ2) is 5.87. The number of alkyl halides is 2. The van der Waals surface area contributed by atoms with E-state index in [-0.39, 0.29) is 28.2 Å². The average Bonchev–Trinajstić information content (AvgIpc) is 2.78. The molecule has 0 atom stereocenters. The number of thioether (sulfide) groups is 1. The van der Waals surface area contributed by atoms with Crippen LogP contribution in [0.4, 0.5) is 13.2 Å². The van der Waals surface area contributed by atoms with Gasteiger partial charge in [-0.2, -0.15) is 14.0 Å². The number of rotatable bonds is 3. The van der Waals surface area contributed by atoms with Crippen molar-refractivity contribution in [1.82, 2.24) is 0 Å². The van der Waals surface area contributed by atoms with E-state index >= 15 is 0 Å². The van der Waals surface area contributed by atoms with Gasteiger partial charge in [-0.05, 0) is 30.5 Å². The van der Waals surface area contributed by atoms with Crippen LogP contribution in [0.3, 0.4) is 0 Å². The molecule has 0 saturated carbocycles. The zero-order valence-electron chi connectivity index (χ0n) is 12.4. The number of hydrogen-bond acceptors (Lipinski definition) is 4. The van der Waals surface area contributed by atoms with Gasteiger partial charge in [0.25, 0.3) is 0 Å². The molecule has 0 spiro atoms. The molecule has 0 aliphatic heterocycles. The van der Waals surface area contributed by atoms with E-state index in [1.165, 1.54) is 30.0 Å². The molecule has 3 nitrogen and oxygen atoms in total. The molecular formula is C17H10F3NO2S. The minimum atomic E-state index is -3.48. The van der Waals surface area contributed by atoms with Gasteiger partial charge in [-0.15, -0.1) is 11.8 Å². The minimum Gasteiger partial charge on any atom is -0.457 e. The van der Waals surface area contributed by atoms with Crippen molar-refractivity contribution in [2.45, 2.75) is 17.2 Å². The van der Waals surface area contributed by atoms with Crippen LogP contribution >= 0.6 is 11.8 Å². The molecule has 0 saturated heterocycles. The smallest absolute Gasteiger partial charge is 0.313 e. The summed E-state index contributed by atoms with van der Waals surface area (Å²) in [6, 6.07) is 8.15. The van der Waals surface area contributed by atoms with E-state index in [4.69, 9.17) is 10.00 Å². The lowest BCUT2D eigenvalue weighted by Gasteiger charge is -2.12. The number of benzene rings is 2. The van der Waals surface area contributed by atoms with Gasteiger partial charge < -0.3 is 4.74 Å². The number of nitrogens with zero attached hydrogens (tertiary/aromatic N) is 1. The topological polar surface area (TPSA) is 50.1 Å². The van der Waals surface area contributed by atoms with E-state index < -0.39 is 23.9 Å². The first-order valence-electron chi connectivity index (χ1n) is 6.87. The first-order chi connectivity index (χ1) is 11.4. The minimum absolute atomic E-state index is 0.00770. The zero-order chi connectivity index (χ0) is 17.5. The SMILES string of the molecule is CSc1ccc(Oc2cc(F)cc(C#N)c2)c2c1C(=O)C(F)(F)C2. The summed E-state index contributed by atoms with van der Waals surface area (Å²) in [5, 5.41) is 8.86. The largest absolute Gasteiger partial charge is 0.457 e. The Bertz CT molecular complexity index is 890. The Hall–Kier alpha value is -2.46. The summed E-state index contributed by atoms with van der Waals surface area (Å²) in [4.78, 5) is 12.4. The van der Waals surface area contributed by atoms with Crippen LogP contribution in [0.2, 0.25) is 0 Å². The van der Waals surface area contributed by atoms with Crippen molar-refractivity contribution in [1.29, 1.82) is 5.26 Å². The maximum Gasteiger partial charge on any atom is 0.313 e. The summed E-state index contributed by atoms with van der Waals surface area (Å²) in [5.41, 5.74) is 0.0883. The van der Waals surface area contributed by atoms with E-state index in [0.29, 0.717) is 4.90 Å². The molecule has 3 rings (SSSR count). The fourth-order valence-corrected chi connectivity index (χ4v) is 3.22. The number of Topliss-reactive ketones (excluding diaryl/α,β-unsaturated/α-hetero) is 1. The van der Waals surface area contributed by atoms with Crippen molar-refractivity contribution in [3.63, 3.8) is 0 Å². The summed E-state index contributed by atoms with van der Waals surface area (Å²) < 4.78 is 46.6. The second-order valence-electron chi connectivity index (χ2n) is 5.22. The van der Waals surface area contributed by atoms with Crippen LogP contribution in [-0.2, 0) is 6.42 Å². The second-order valence-corrected chi connectivity index (χ2v) is 6.07. The monoisotopic (exact) mass is 349 g/mol. The van der Waals surface area contributed by atoms with E-state index in [0.717, 1.165) is 12.1 Å². The first kappa shape index (κ1) is 16.4. The molecule has 0 bridgehead atoms. The fraction of sp³-hybridized carbons (Fsp3) is 0.176. The summed E-state index contributed by atoms with van der Waals surface area (Å²) in [7, 11) is 0. The Kier molecular flexibility index (Phi) is 4.01. The van der Waals surface area contributed by atoms with Crippen molar-refractivity contribution in [2.24, 2.45) is 0 Å². The number of ketones is 1. The molecule has 0 radical (unpaired) electrons. The quantitative estimate of drug-likeness (QED) is 0.761. The summed E-state index contributed by atoms with van der Waals surface area (Å²) >= 11 is 1.19. The Morgan fingerprint density at radius 2 is 2.04 bits per heavy atom. The maximum atomic E-state index is 13.8. The lowest BCUT2D eigenvalue weighted by Crippen LogP contribution is -2.23. The molecule has 1 aliphatic carbocycles. The number of fused-ring (bicyclic) bond motifs is 1. The highest BCUT2D eigenvalue weighted by molar-refractivity contribution is 7.98. The number of carbonyl (C=O) groups excluding carboxylic acids is 1. The van der Waals surface area contributed by atoms with Gasteiger partial charge in [0.2, 0.25) is 5.78 Å². The highest BCUT2D eigenvalue weighted by atomic mass is 32.2. The van der Waals surface area contributed by atoms with Gasteiger partial charge in [0.15, 0.2) is 0 Å². The van der Waals surface area contributed by atoms with Crippen molar-refractivity contribution in [3.8, 4) is 17.6 Å². The molecule has 7 heteroatoms. The van der Waals surface area contributed by atoms with Gasteiger partial charge in [-0.25, -0.2) is 4.39 Å². The van der Waals surface area contributed by atoms with Crippen molar-refractivity contribution in [2.75, 3.05) is 6.26 Å². The third-order valence-corrected chi connectivity index (χ3v) is 4.42. The molecule has 2 aromatic carbocycles. The van der Waals surface area contributed by atoms with Crippen LogP contribution in [0.5, 0.6) is 11.5 Å². The Morgan fingerprint density at radius 1 is 1.29 bits per heavy atom. The molecule has 0 N–H and O–H groups in total. The zero-order valence-corrected chi connectivity index (χ0v) is 13.2. The first-order valence-corrected chi connectivity index (χ1v) is 8.09. The van der Waals surface area contributed by atoms with Gasteiger partial charge in [-0.1, -0.05) is 0 Å². The normalized spacial score (nSPS) is 15.0. The molecule has 2 aromatic rings. The average molecular weight is 349 g/mol. The van der Waals surface area contributed by atoms with Crippen LogP contribution in [0.1, 0.15) is 21.5 Å². The highest BCUT2D eigenvalue weighted by Crippen LogP contribution is 2.44. The molecule has 1 aliphatic rings. The van der Waals surface area contributed by atoms with E-state index in [1.807, 2.05) is 0 Å². The molecule has 24 heavy (non-hydrogen) atoms. The van der Waals surface area contributed by atoms with Crippen LogP contribution in [0, 0.1) is 17.1 Å². The number of ether oxygens (including phenoxy) is 1. The molecule has 0 aromatic heterocycles. The molecule has 0 unspecified atom stereocenters. The predicted molar refractivity (Wildman–Crippen MR) is 82.4 cm³/mol. The Labute approximate surface area is 140 Å².